The van der Waals surface area contributed by atoms with E-state index < -0.39 is 0 Å². The first-order chi connectivity index (χ1) is 8.81. The third-order valence-electron chi connectivity index (χ3n) is 3.26. The van der Waals surface area contributed by atoms with Crippen LogP contribution in [0.15, 0.2) is 30.3 Å². The van der Waals surface area contributed by atoms with Crippen LogP contribution < -0.4 is 5.32 Å². The van der Waals surface area contributed by atoms with Gasteiger partial charge >= 0.3 is 0 Å². The number of benzene rings is 1. The highest BCUT2D eigenvalue weighted by Gasteiger charge is 2.30. The van der Waals surface area contributed by atoms with Crippen molar-refractivity contribution < 1.29 is 4.79 Å². The normalized spacial score (nSPS) is 19.4. The van der Waals surface area contributed by atoms with E-state index in [1.54, 1.807) is 0 Å². The van der Waals surface area contributed by atoms with Gasteiger partial charge in [0.2, 0.25) is 5.91 Å². The summed E-state index contributed by atoms with van der Waals surface area (Å²) < 4.78 is 0. The van der Waals surface area contributed by atoms with Crippen LogP contribution in [0.1, 0.15) is 18.4 Å². The van der Waals surface area contributed by atoms with Crippen molar-refractivity contribution in [2.24, 2.45) is 0 Å². The van der Waals surface area contributed by atoms with Gasteiger partial charge in [-0.2, -0.15) is 0 Å². The van der Waals surface area contributed by atoms with Gasteiger partial charge in [-0.15, -0.1) is 6.42 Å². The first kappa shape index (κ1) is 12.7. The molecular formula is C15H18N2O. The molecule has 1 fully saturated rings. The molecule has 1 aromatic rings. The molecule has 3 nitrogen and oxygen atoms in total. The van der Waals surface area contributed by atoms with Crippen molar-refractivity contribution in [3.63, 3.8) is 0 Å². The SMILES string of the molecule is C#CCNC(=O)C1CCCN1Cc1ccccc1. The van der Waals surface area contributed by atoms with E-state index in [9.17, 15) is 4.79 Å². The third kappa shape index (κ3) is 3.12. The van der Waals surface area contributed by atoms with E-state index in [-0.39, 0.29) is 11.9 Å². The van der Waals surface area contributed by atoms with Crippen molar-refractivity contribution in [3.8, 4) is 12.3 Å². The van der Waals surface area contributed by atoms with Gasteiger partial charge < -0.3 is 5.32 Å². The lowest BCUT2D eigenvalue weighted by Gasteiger charge is -2.23. The number of likely N-dealkylation sites (tertiary alicyclic amines) is 1. The van der Waals surface area contributed by atoms with Gasteiger partial charge in [0.05, 0.1) is 12.6 Å². The molecule has 0 aromatic heterocycles. The molecule has 94 valence electrons. The van der Waals surface area contributed by atoms with Crippen LogP contribution in [0, 0.1) is 12.3 Å². The minimum absolute atomic E-state index is 0.0291. The molecule has 1 aromatic carbocycles. The summed E-state index contributed by atoms with van der Waals surface area (Å²) in [5.41, 5.74) is 1.24. The zero-order valence-corrected chi connectivity index (χ0v) is 10.4. The molecule has 1 unspecified atom stereocenters. The maximum Gasteiger partial charge on any atom is 0.238 e. The zero-order valence-electron chi connectivity index (χ0n) is 10.4. The quantitative estimate of drug-likeness (QED) is 0.809. The van der Waals surface area contributed by atoms with Crippen LogP contribution in [-0.2, 0) is 11.3 Å². The molecular weight excluding hydrogens is 224 g/mol. The Labute approximate surface area is 108 Å². The van der Waals surface area contributed by atoms with Crippen LogP contribution >= 0.6 is 0 Å². The van der Waals surface area contributed by atoms with Crippen molar-refractivity contribution in [2.45, 2.75) is 25.4 Å². The Morgan fingerprint density at radius 2 is 2.22 bits per heavy atom. The summed E-state index contributed by atoms with van der Waals surface area (Å²) in [4.78, 5) is 14.2. The van der Waals surface area contributed by atoms with E-state index in [4.69, 9.17) is 6.42 Å². The molecule has 1 saturated heterocycles. The van der Waals surface area contributed by atoms with Gasteiger partial charge in [-0.25, -0.2) is 0 Å². The smallest absolute Gasteiger partial charge is 0.238 e. The highest BCUT2D eigenvalue weighted by molar-refractivity contribution is 5.82. The van der Waals surface area contributed by atoms with Crippen LogP contribution in [0.3, 0.4) is 0 Å². The summed E-state index contributed by atoms with van der Waals surface area (Å²) >= 11 is 0. The molecule has 18 heavy (non-hydrogen) atoms. The van der Waals surface area contributed by atoms with E-state index in [1.807, 2.05) is 18.2 Å². The maximum atomic E-state index is 12.0. The largest absolute Gasteiger partial charge is 0.344 e. The average Bonchev–Trinajstić information content (AvgIpc) is 2.85. The topological polar surface area (TPSA) is 32.3 Å². The van der Waals surface area contributed by atoms with E-state index in [1.165, 1.54) is 5.56 Å². The van der Waals surface area contributed by atoms with Gasteiger partial charge in [0.1, 0.15) is 0 Å². The Kier molecular flexibility index (Phi) is 4.38. The first-order valence-electron chi connectivity index (χ1n) is 6.30. The molecule has 1 aliphatic rings. The fraction of sp³-hybridized carbons (Fsp3) is 0.400. The number of amides is 1. The summed E-state index contributed by atoms with van der Waals surface area (Å²) in [5, 5.41) is 2.77. The fourth-order valence-electron chi connectivity index (χ4n) is 2.39. The van der Waals surface area contributed by atoms with E-state index in [2.05, 4.69) is 28.3 Å². The summed E-state index contributed by atoms with van der Waals surface area (Å²) in [7, 11) is 0. The summed E-state index contributed by atoms with van der Waals surface area (Å²) in [6, 6.07) is 10.2. The number of rotatable bonds is 4. The van der Waals surface area contributed by atoms with E-state index in [0.717, 1.165) is 25.9 Å². The third-order valence-corrected chi connectivity index (χ3v) is 3.26. The molecule has 0 spiro atoms. The minimum Gasteiger partial charge on any atom is -0.344 e. The molecule has 1 amide bonds. The second kappa shape index (κ2) is 6.23. The second-order valence-corrected chi connectivity index (χ2v) is 4.54. The lowest BCUT2D eigenvalue weighted by atomic mass is 10.1. The van der Waals surface area contributed by atoms with Crippen molar-refractivity contribution >= 4 is 5.91 Å². The predicted octanol–water partition coefficient (Wildman–Crippen LogP) is 1.40. The molecule has 0 saturated carbocycles. The zero-order chi connectivity index (χ0) is 12.8. The van der Waals surface area contributed by atoms with Crippen LogP contribution in [0.25, 0.3) is 0 Å². The Morgan fingerprint density at radius 3 is 2.94 bits per heavy atom. The number of terminal acetylenes is 1. The van der Waals surface area contributed by atoms with Gasteiger partial charge in [-0.1, -0.05) is 36.3 Å². The molecule has 1 aliphatic heterocycles. The molecule has 0 bridgehead atoms. The maximum absolute atomic E-state index is 12.0. The van der Waals surface area contributed by atoms with Crippen LogP contribution in [0.4, 0.5) is 0 Å². The first-order valence-corrected chi connectivity index (χ1v) is 6.30. The fourth-order valence-corrected chi connectivity index (χ4v) is 2.39. The van der Waals surface area contributed by atoms with E-state index in [0.29, 0.717) is 6.54 Å². The number of carbonyl (C=O) groups is 1. The molecule has 0 aliphatic carbocycles. The Hall–Kier alpha value is -1.79. The number of hydrogen-bond acceptors (Lipinski definition) is 2. The van der Waals surface area contributed by atoms with Gasteiger partial charge in [0, 0.05) is 6.54 Å². The Bertz CT molecular complexity index is 436. The molecule has 1 heterocycles. The summed E-state index contributed by atoms with van der Waals surface area (Å²) in [6.07, 6.45) is 7.15. The number of carbonyl (C=O) groups excluding carboxylic acids is 1. The molecule has 0 radical (unpaired) electrons. The summed E-state index contributed by atoms with van der Waals surface area (Å²) in [5.74, 6) is 2.49. The second-order valence-electron chi connectivity index (χ2n) is 4.54. The Balaban J connectivity index is 1.95. The van der Waals surface area contributed by atoms with Gasteiger partial charge in [-0.3, -0.25) is 9.69 Å². The predicted molar refractivity (Wildman–Crippen MR) is 71.7 cm³/mol. The van der Waals surface area contributed by atoms with Crippen molar-refractivity contribution in [3.05, 3.63) is 35.9 Å². The molecule has 3 heteroatoms. The monoisotopic (exact) mass is 242 g/mol. The van der Waals surface area contributed by atoms with Crippen LogP contribution in [0.2, 0.25) is 0 Å². The lowest BCUT2D eigenvalue weighted by Crippen LogP contribution is -2.42. The highest BCUT2D eigenvalue weighted by atomic mass is 16.2. The van der Waals surface area contributed by atoms with Crippen LogP contribution in [0.5, 0.6) is 0 Å². The lowest BCUT2D eigenvalue weighted by molar-refractivity contribution is -0.125. The highest BCUT2D eigenvalue weighted by Crippen LogP contribution is 2.20. The molecule has 1 N–H and O–H groups in total. The average molecular weight is 242 g/mol. The van der Waals surface area contributed by atoms with Crippen molar-refractivity contribution in [1.82, 2.24) is 10.2 Å². The van der Waals surface area contributed by atoms with Gasteiger partial charge in [0.15, 0.2) is 0 Å². The van der Waals surface area contributed by atoms with Crippen molar-refractivity contribution in [2.75, 3.05) is 13.1 Å². The van der Waals surface area contributed by atoms with Crippen LogP contribution in [-0.4, -0.2) is 29.9 Å². The molecule has 2 rings (SSSR count). The minimum atomic E-state index is -0.0291. The number of hydrogen-bond donors (Lipinski definition) is 1. The van der Waals surface area contributed by atoms with E-state index >= 15 is 0 Å². The van der Waals surface area contributed by atoms with Gasteiger partial charge in [0.25, 0.3) is 0 Å². The number of nitrogens with one attached hydrogen (secondary N) is 1. The standard InChI is InChI=1S/C15H18N2O/c1-2-10-16-15(18)14-9-6-11-17(14)12-13-7-4-3-5-8-13/h1,3-5,7-8,14H,6,9-12H2,(H,16,18). The number of nitrogens with zero attached hydrogens (tertiary/aromatic N) is 1. The molecule has 1 atom stereocenters. The summed E-state index contributed by atoms with van der Waals surface area (Å²) in [6.45, 7) is 2.12. The van der Waals surface area contributed by atoms with Gasteiger partial charge in [-0.05, 0) is 24.9 Å². The Morgan fingerprint density at radius 1 is 1.44 bits per heavy atom. The van der Waals surface area contributed by atoms with Crippen molar-refractivity contribution in [1.29, 1.82) is 0 Å².